The maximum atomic E-state index is 10.7. The molecule has 2 aromatic carbocycles. The van der Waals surface area contributed by atoms with Crippen molar-refractivity contribution < 1.29 is 24.2 Å². The van der Waals surface area contributed by atoms with Crippen LogP contribution in [0.15, 0.2) is 36.4 Å². The van der Waals surface area contributed by atoms with Crippen LogP contribution >= 0.6 is 0 Å². The molecule has 138 valence electrons. The normalized spacial score (nSPS) is 22.0. The average Bonchev–Trinajstić information content (AvgIpc) is 3.11. The topological polar surface area (TPSA) is 52.4 Å². The second-order valence-electron chi connectivity index (χ2n) is 7.19. The van der Waals surface area contributed by atoms with Gasteiger partial charge in [-0.2, -0.15) is 0 Å². The maximum Gasteiger partial charge on any atom is 0.231 e. The highest BCUT2D eigenvalue weighted by molar-refractivity contribution is 5.61. The first kappa shape index (κ1) is 17.2. The fraction of sp³-hybridized carbons (Fsp3) is 0.429. The highest BCUT2D eigenvalue weighted by Crippen LogP contribution is 2.47. The molecule has 0 aliphatic carbocycles. The minimum atomic E-state index is -0.404. The summed E-state index contributed by atoms with van der Waals surface area (Å²) < 4.78 is 17.0. The van der Waals surface area contributed by atoms with Crippen LogP contribution in [0.2, 0.25) is 0 Å². The van der Waals surface area contributed by atoms with Crippen molar-refractivity contribution >= 4 is 0 Å². The summed E-state index contributed by atoms with van der Waals surface area (Å²) in [5.74, 6) is 2.23. The van der Waals surface area contributed by atoms with Crippen molar-refractivity contribution in [2.75, 3.05) is 27.5 Å². The van der Waals surface area contributed by atoms with Crippen molar-refractivity contribution in [1.82, 2.24) is 0 Å². The molecule has 4 rings (SSSR count). The number of aliphatic hydroxyl groups is 1. The third-order valence-electron chi connectivity index (χ3n) is 5.50. The molecule has 0 fully saturated rings. The second-order valence-corrected chi connectivity index (χ2v) is 7.19. The molecular weight excluding hydrogens is 330 g/mol. The van der Waals surface area contributed by atoms with Crippen molar-refractivity contribution in [3.63, 3.8) is 0 Å². The van der Waals surface area contributed by atoms with E-state index in [-0.39, 0.29) is 12.8 Å². The van der Waals surface area contributed by atoms with Crippen LogP contribution in [0, 0.1) is 0 Å². The minimum Gasteiger partial charge on any atom is -0.492 e. The lowest BCUT2D eigenvalue weighted by molar-refractivity contribution is -0.915. The molecule has 0 spiro atoms. The third kappa shape index (κ3) is 3.13. The molecule has 2 aliphatic heterocycles. The van der Waals surface area contributed by atoms with E-state index in [2.05, 4.69) is 25.2 Å². The first-order chi connectivity index (χ1) is 12.7. The first-order valence-corrected chi connectivity index (χ1v) is 9.21. The predicted octanol–water partition coefficient (Wildman–Crippen LogP) is 1.53. The Morgan fingerprint density at radius 3 is 2.85 bits per heavy atom. The van der Waals surface area contributed by atoms with Gasteiger partial charge in [-0.1, -0.05) is 30.3 Å². The molecule has 0 bridgehead atoms. The molecule has 0 saturated heterocycles. The molecule has 2 aliphatic rings. The zero-order chi connectivity index (χ0) is 18.1. The van der Waals surface area contributed by atoms with Gasteiger partial charge in [-0.3, -0.25) is 0 Å². The number of rotatable bonds is 5. The number of quaternary nitrogens is 1. The van der Waals surface area contributed by atoms with Gasteiger partial charge in [-0.15, -0.1) is 0 Å². The van der Waals surface area contributed by atoms with E-state index in [1.165, 1.54) is 10.5 Å². The van der Waals surface area contributed by atoms with Crippen molar-refractivity contribution in [3.05, 3.63) is 53.1 Å². The Balaban J connectivity index is 1.63. The van der Waals surface area contributed by atoms with Crippen LogP contribution in [0.5, 0.6) is 17.2 Å². The Labute approximate surface area is 154 Å². The summed E-state index contributed by atoms with van der Waals surface area (Å²) in [7, 11) is 3.87. The van der Waals surface area contributed by atoms with Crippen LogP contribution in [-0.2, 0) is 12.8 Å². The highest BCUT2D eigenvalue weighted by atomic mass is 16.7. The Morgan fingerprint density at radius 1 is 1.27 bits per heavy atom. The van der Waals surface area contributed by atoms with Crippen LogP contribution < -0.4 is 19.1 Å². The van der Waals surface area contributed by atoms with Gasteiger partial charge in [0.2, 0.25) is 12.5 Å². The summed E-state index contributed by atoms with van der Waals surface area (Å²) in [5, 5.41) is 10.7. The highest BCUT2D eigenvalue weighted by Gasteiger charge is 2.37. The quantitative estimate of drug-likeness (QED) is 0.853. The zero-order valence-corrected chi connectivity index (χ0v) is 15.3. The predicted molar refractivity (Wildman–Crippen MR) is 98.1 cm³/mol. The molecule has 0 radical (unpaired) electrons. The van der Waals surface area contributed by atoms with Gasteiger partial charge in [0.25, 0.3) is 0 Å². The molecule has 5 heteroatoms. The van der Waals surface area contributed by atoms with E-state index >= 15 is 0 Å². The monoisotopic (exact) mass is 356 g/mol. The standard InChI is InChI=1S/C21H25NO4/c1-22-9-8-15-11-18-20(26-13-25-18)21(24-2)19(15)17(22)12-16(23)10-14-6-4-3-5-7-14/h3-7,11,16-17,23H,8-10,12-13H2,1-2H3/p+1/t16-,17-/m1/s1. The van der Waals surface area contributed by atoms with Gasteiger partial charge in [0.15, 0.2) is 11.5 Å². The van der Waals surface area contributed by atoms with E-state index < -0.39 is 6.10 Å². The molecule has 2 N–H and O–H groups in total. The molecule has 0 amide bonds. The van der Waals surface area contributed by atoms with E-state index in [1.807, 2.05) is 18.2 Å². The number of nitrogens with one attached hydrogen (secondary N) is 1. The number of benzene rings is 2. The summed E-state index contributed by atoms with van der Waals surface area (Å²) in [6.45, 7) is 1.26. The van der Waals surface area contributed by atoms with Crippen LogP contribution in [0.25, 0.3) is 0 Å². The van der Waals surface area contributed by atoms with Crippen molar-refractivity contribution in [2.24, 2.45) is 0 Å². The molecule has 2 aromatic rings. The number of hydrogen-bond donors (Lipinski definition) is 2. The molecule has 0 saturated carbocycles. The van der Waals surface area contributed by atoms with E-state index in [0.717, 1.165) is 35.6 Å². The van der Waals surface area contributed by atoms with Gasteiger partial charge >= 0.3 is 0 Å². The lowest BCUT2D eigenvalue weighted by Gasteiger charge is -2.34. The van der Waals surface area contributed by atoms with Crippen LogP contribution in [-0.4, -0.2) is 38.7 Å². The smallest absolute Gasteiger partial charge is 0.231 e. The van der Waals surface area contributed by atoms with Gasteiger partial charge in [-0.05, 0) is 23.6 Å². The second kappa shape index (κ2) is 7.17. The average molecular weight is 356 g/mol. The number of hydrogen-bond acceptors (Lipinski definition) is 4. The summed E-state index contributed by atoms with van der Waals surface area (Å²) >= 11 is 0. The maximum absolute atomic E-state index is 10.7. The SMILES string of the molecule is COc1c2c(cc3c1[C@@H](C[C@H](O)Cc1ccccc1)[NH+](C)CC3)OCO2. The van der Waals surface area contributed by atoms with E-state index in [4.69, 9.17) is 14.2 Å². The fourth-order valence-corrected chi connectivity index (χ4v) is 4.18. The molecule has 1 unspecified atom stereocenters. The molecule has 5 nitrogen and oxygen atoms in total. The molecule has 2 heterocycles. The number of aliphatic hydroxyl groups excluding tert-OH is 1. The molecule has 26 heavy (non-hydrogen) atoms. The summed E-state index contributed by atoms with van der Waals surface area (Å²) in [4.78, 5) is 1.39. The van der Waals surface area contributed by atoms with Gasteiger partial charge in [0, 0.05) is 12.8 Å². The van der Waals surface area contributed by atoms with Gasteiger partial charge in [0.05, 0.1) is 32.4 Å². The Bertz CT molecular complexity index is 777. The lowest BCUT2D eigenvalue weighted by Crippen LogP contribution is -3.10. The number of likely N-dealkylation sites (N-methyl/N-ethyl adjacent to an activating group) is 1. The van der Waals surface area contributed by atoms with Crippen molar-refractivity contribution in [3.8, 4) is 17.2 Å². The molecule has 3 atom stereocenters. The van der Waals surface area contributed by atoms with Crippen molar-refractivity contribution in [1.29, 1.82) is 0 Å². The van der Waals surface area contributed by atoms with E-state index in [1.54, 1.807) is 7.11 Å². The van der Waals surface area contributed by atoms with E-state index in [0.29, 0.717) is 18.6 Å². The van der Waals surface area contributed by atoms with Crippen LogP contribution in [0.4, 0.5) is 0 Å². The van der Waals surface area contributed by atoms with Gasteiger partial charge < -0.3 is 24.2 Å². The molecular formula is C21H26NO4+. The Kier molecular flexibility index (Phi) is 4.74. The zero-order valence-electron chi connectivity index (χ0n) is 15.3. The summed E-state index contributed by atoms with van der Waals surface area (Å²) in [6, 6.07) is 12.4. The summed E-state index contributed by atoms with van der Waals surface area (Å²) in [6.07, 6.45) is 1.91. The number of fused-ring (bicyclic) bond motifs is 2. The fourth-order valence-electron chi connectivity index (χ4n) is 4.18. The van der Waals surface area contributed by atoms with E-state index in [9.17, 15) is 5.11 Å². The lowest BCUT2D eigenvalue weighted by atomic mass is 9.87. The molecule has 0 aromatic heterocycles. The number of ether oxygens (including phenoxy) is 3. The minimum absolute atomic E-state index is 0.168. The van der Waals surface area contributed by atoms with Crippen LogP contribution in [0.1, 0.15) is 29.2 Å². The largest absolute Gasteiger partial charge is 0.492 e. The van der Waals surface area contributed by atoms with Gasteiger partial charge in [-0.25, -0.2) is 0 Å². The first-order valence-electron chi connectivity index (χ1n) is 9.21. The van der Waals surface area contributed by atoms with Crippen LogP contribution in [0.3, 0.4) is 0 Å². The Morgan fingerprint density at radius 2 is 2.08 bits per heavy atom. The van der Waals surface area contributed by atoms with Gasteiger partial charge in [0.1, 0.15) is 6.04 Å². The van der Waals surface area contributed by atoms with Crippen molar-refractivity contribution in [2.45, 2.75) is 31.4 Å². The third-order valence-corrected chi connectivity index (χ3v) is 5.50. The summed E-state index contributed by atoms with van der Waals surface area (Å²) in [5.41, 5.74) is 3.56. The number of methoxy groups -OCH3 is 1. The Hall–Kier alpha value is -2.24.